The molecule has 0 heterocycles. The van der Waals surface area contributed by atoms with E-state index in [1.165, 1.54) is 18.9 Å². The second-order valence-corrected chi connectivity index (χ2v) is 6.78. The number of halogens is 4. The molecule has 0 unspecified atom stereocenters. The third-order valence-electron chi connectivity index (χ3n) is 4.24. The van der Waals surface area contributed by atoms with Crippen molar-refractivity contribution in [2.45, 2.75) is 45.4 Å². The number of benzene rings is 1. The van der Waals surface area contributed by atoms with Gasteiger partial charge in [0.25, 0.3) is 0 Å². The van der Waals surface area contributed by atoms with E-state index in [1.807, 2.05) is 0 Å². The normalized spacial score (nSPS) is 16.1. The zero-order chi connectivity index (χ0) is 18.6. The molecule has 140 valence electrons. The lowest BCUT2D eigenvalue weighted by Gasteiger charge is -2.20. The van der Waals surface area contributed by atoms with Gasteiger partial charge in [0, 0.05) is 11.8 Å². The summed E-state index contributed by atoms with van der Waals surface area (Å²) in [6, 6.07) is 3.22. The summed E-state index contributed by atoms with van der Waals surface area (Å²) in [6.07, 6.45) is -2.05. The maximum atomic E-state index is 14.0. The van der Waals surface area contributed by atoms with Crippen molar-refractivity contribution in [3.8, 4) is 5.75 Å². The molecule has 1 saturated carbocycles. The first kappa shape index (κ1) is 19.7. The summed E-state index contributed by atoms with van der Waals surface area (Å²) in [6.45, 7) is 5.01. The highest BCUT2D eigenvalue weighted by atomic mass is 19.4. The topological polar surface area (TPSA) is 38.3 Å². The molecule has 0 spiro atoms. The van der Waals surface area contributed by atoms with Crippen LogP contribution in [0.4, 0.5) is 17.6 Å². The van der Waals surface area contributed by atoms with Gasteiger partial charge < -0.3 is 10.1 Å². The number of carbonyl (C=O) groups excluding carboxylic acids is 1. The van der Waals surface area contributed by atoms with Crippen molar-refractivity contribution in [3.63, 3.8) is 0 Å². The van der Waals surface area contributed by atoms with Crippen LogP contribution in [0.1, 0.15) is 44.6 Å². The molecule has 25 heavy (non-hydrogen) atoms. The summed E-state index contributed by atoms with van der Waals surface area (Å²) < 4.78 is 54.3. The van der Waals surface area contributed by atoms with E-state index in [2.05, 4.69) is 10.1 Å². The van der Waals surface area contributed by atoms with E-state index in [4.69, 9.17) is 0 Å². The van der Waals surface area contributed by atoms with Crippen molar-refractivity contribution in [2.75, 3.05) is 13.1 Å². The van der Waals surface area contributed by atoms with Crippen LogP contribution >= 0.6 is 0 Å². The number of rotatable bonds is 9. The molecule has 1 atom stereocenters. The lowest BCUT2D eigenvalue weighted by Crippen LogP contribution is -2.25. The van der Waals surface area contributed by atoms with Gasteiger partial charge in [-0.1, -0.05) is 19.9 Å². The molecule has 3 nitrogen and oxygen atoms in total. The van der Waals surface area contributed by atoms with Crippen LogP contribution < -0.4 is 10.1 Å². The van der Waals surface area contributed by atoms with E-state index >= 15 is 0 Å². The monoisotopic (exact) mass is 361 g/mol. The zero-order valence-electron chi connectivity index (χ0n) is 14.3. The Bertz CT molecular complexity index is 597. The Morgan fingerprint density at radius 1 is 1.32 bits per heavy atom. The number of hydrogen-bond acceptors (Lipinski definition) is 3. The Morgan fingerprint density at radius 2 is 2.00 bits per heavy atom. The number of Topliss-reactive ketones (excluding diaryl/α,β-unsaturated/α-hetero) is 1. The van der Waals surface area contributed by atoms with Gasteiger partial charge in [0.1, 0.15) is 5.78 Å². The lowest BCUT2D eigenvalue weighted by atomic mass is 9.86. The molecule has 0 aromatic heterocycles. The van der Waals surface area contributed by atoms with Gasteiger partial charge in [0.15, 0.2) is 11.6 Å². The third-order valence-corrected chi connectivity index (χ3v) is 4.24. The Labute approximate surface area is 144 Å². The van der Waals surface area contributed by atoms with E-state index in [-0.39, 0.29) is 11.7 Å². The second kappa shape index (κ2) is 8.17. The standard InChI is InChI=1S/C18H23F4NO2/c1-11(2)17(24)14(7-8-23-10-12-3-4-12)13-5-6-16(15(19)9-13)25-18(20,21)22/h5-6,9,11-12,14,23H,3-4,7-8,10H2,1-2H3/t14-/m1/s1. The molecule has 0 aliphatic heterocycles. The minimum absolute atomic E-state index is 0.0582. The molecule has 1 aliphatic carbocycles. The van der Waals surface area contributed by atoms with Crippen molar-refractivity contribution >= 4 is 5.78 Å². The van der Waals surface area contributed by atoms with E-state index in [9.17, 15) is 22.4 Å². The van der Waals surface area contributed by atoms with E-state index in [1.54, 1.807) is 13.8 Å². The van der Waals surface area contributed by atoms with Crippen LogP contribution in [0.5, 0.6) is 5.75 Å². The first-order valence-electron chi connectivity index (χ1n) is 8.47. The van der Waals surface area contributed by atoms with Gasteiger partial charge >= 0.3 is 6.36 Å². The minimum atomic E-state index is -4.96. The van der Waals surface area contributed by atoms with Crippen LogP contribution in [0.15, 0.2) is 18.2 Å². The van der Waals surface area contributed by atoms with Gasteiger partial charge in [0.05, 0.1) is 0 Å². The number of ketones is 1. The van der Waals surface area contributed by atoms with E-state index < -0.39 is 23.8 Å². The molecule has 0 bridgehead atoms. The van der Waals surface area contributed by atoms with Crippen LogP contribution in [-0.2, 0) is 4.79 Å². The first-order valence-corrected chi connectivity index (χ1v) is 8.47. The summed E-state index contributed by atoms with van der Waals surface area (Å²) in [7, 11) is 0. The fourth-order valence-corrected chi connectivity index (χ4v) is 2.69. The maximum absolute atomic E-state index is 14.0. The molecule has 1 aromatic rings. The van der Waals surface area contributed by atoms with E-state index in [0.29, 0.717) is 24.4 Å². The number of alkyl halides is 3. The largest absolute Gasteiger partial charge is 0.573 e. The van der Waals surface area contributed by atoms with Crippen molar-refractivity contribution in [1.29, 1.82) is 0 Å². The van der Waals surface area contributed by atoms with Gasteiger partial charge in [-0.15, -0.1) is 13.2 Å². The molecule has 1 N–H and O–H groups in total. The molecule has 7 heteroatoms. The van der Waals surface area contributed by atoms with Crippen molar-refractivity contribution < 1.29 is 27.1 Å². The van der Waals surface area contributed by atoms with Crippen LogP contribution in [0.3, 0.4) is 0 Å². The molecular formula is C18H23F4NO2. The summed E-state index contributed by atoms with van der Waals surface area (Å²) in [5.41, 5.74) is 0.374. The number of carbonyl (C=O) groups is 1. The molecular weight excluding hydrogens is 338 g/mol. The molecule has 1 fully saturated rings. The van der Waals surface area contributed by atoms with Gasteiger partial charge in [-0.05, 0) is 56.0 Å². The predicted octanol–water partition coefficient (Wildman–Crippen LogP) is 4.42. The fourth-order valence-electron chi connectivity index (χ4n) is 2.69. The predicted molar refractivity (Wildman–Crippen MR) is 85.9 cm³/mol. The van der Waals surface area contributed by atoms with Gasteiger partial charge in [0.2, 0.25) is 0 Å². The highest BCUT2D eigenvalue weighted by Gasteiger charge is 2.33. The Balaban J connectivity index is 2.08. The Hall–Kier alpha value is -1.63. The number of ether oxygens (including phenoxy) is 1. The summed E-state index contributed by atoms with van der Waals surface area (Å²) in [5, 5.41) is 3.28. The quantitative estimate of drug-likeness (QED) is 0.523. The van der Waals surface area contributed by atoms with E-state index in [0.717, 1.165) is 18.7 Å². The molecule has 1 aliphatic rings. The zero-order valence-corrected chi connectivity index (χ0v) is 14.3. The van der Waals surface area contributed by atoms with Crippen molar-refractivity contribution in [1.82, 2.24) is 5.32 Å². The SMILES string of the molecule is CC(C)C(=O)[C@H](CCNCC1CC1)c1ccc(OC(F)(F)F)c(F)c1. The van der Waals surface area contributed by atoms with Crippen LogP contribution in [-0.4, -0.2) is 25.2 Å². The fraction of sp³-hybridized carbons (Fsp3) is 0.611. The maximum Gasteiger partial charge on any atom is 0.573 e. The van der Waals surface area contributed by atoms with Gasteiger partial charge in [-0.2, -0.15) is 0 Å². The van der Waals surface area contributed by atoms with Crippen molar-refractivity contribution in [2.24, 2.45) is 11.8 Å². The number of hydrogen-bond donors (Lipinski definition) is 1. The summed E-state index contributed by atoms with van der Waals surface area (Å²) in [4.78, 5) is 12.4. The molecule has 2 rings (SSSR count). The highest BCUT2D eigenvalue weighted by molar-refractivity contribution is 5.87. The molecule has 1 aromatic carbocycles. The summed E-state index contributed by atoms with van der Waals surface area (Å²) in [5.74, 6) is -2.17. The average molecular weight is 361 g/mol. The number of nitrogens with one attached hydrogen (secondary N) is 1. The Morgan fingerprint density at radius 3 is 2.52 bits per heavy atom. The van der Waals surface area contributed by atoms with Crippen LogP contribution in [0.25, 0.3) is 0 Å². The second-order valence-electron chi connectivity index (χ2n) is 6.78. The van der Waals surface area contributed by atoms with Gasteiger partial charge in [-0.3, -0.25) is 4.79 Å². The summed E-state index contributed by atoms with van der Waals surface area (Å²) >= 11 is 0. The highest BCUT2D eigenvalue weighted by Crippen LogP contribution is 2.31. The van der Waals surface area contributed by atoms with Gasteiger partial charge in [-0.25, -0.2) is 4.39 Å². The van der Waals surface area contributed by atoms with Crippen LogP contribution in [0.2, 0.25) is 0 Å². The average Bonchev–Trinajstić information content (AvgIpc) is 3.32. The lowest BCUT2D eigenvalue weighted by molar-refractivity contribution is -0.275. The van der Waals surface area contributed by atoms with Crippen LogP contribution in [0, 0.1) is 17.7 Å². The minimum Gasteiger partial charge on any atom is -0.403 e. The smallest absolute Gasteiger partial charge is 0.403 e. The Kier molecular flexibility index (Phi) is 6.43. The first-order chi connectivity index (χ1) is 11.7. The third kappa shape index (κ3) is 6.30. The molecule has 0 saturated heterocycles. The molecule has 0 radical (unpaired) electrons. The molecule has 0 amide bonds. The van der Waals surface area contributed by atoms with Crippen molar-refractivity contribution in [3.05, 3.63) is 29.6 Å².